The molecule has 108 valence electrons. The van der Waals surface area contributed by atoms with Gasteiger partial charge in [0.25, 0.3) is 0 Å². The number of sulfonamides is 1. The first-order chi connectivity index (χ1) is 8.81. The van der Waals surface area contributed by atoms with E-state index in [1.807, 2.05) is 6.92 Å². The van der Waals surface area contributed by atoms with Gasteiger partial charge in [-0.1, -0.05) is 18.5 Å². The van der Waals surface area contributed by atoms with Crippen molar-refractivity contribution in [2.45, 2.75) is 31.2 Å². The Kier molecular flexibility index (Phi) is 5.61. The molecule has 0 spiro atoms. The van der Waals surface area contributed by atoms with Gasteiger partial charge in [-0.2, -0.15) is 0 Å². The van der Waals surface area contributed by atoms with Crippen molar-refractivity contribution in [1.29, 1.82) is 0 Å². The van der Waals surface area contributed by atoms with Gasteiger partial charge >= 0.3 is 0 Å². The van der Waals surface area contributed by atoms with Crippen LogP contribution in [0.3, 0.4) is 0 Å². The molecule has 5 nitrogen and oxygen atoms in total. The quantitative estimate of drug-likeness (QED) is 0.787. The predicted octanol–water partition coefficient (Wildman–Crippen LogP) is 1.93. The van der Waals surface area contributed by atoms with Crippen LogP contribution in [0.25, 0.3) is 0 Å². The van der Waals surface area contributed by atoms with E-state index in [2.05, 4.69) is 4.72 Å². The molecule has 1 aromatic carbocycles. The standard InChI is InChI=1S/C12H19ClN2O3S/c1-4-9(7-18-3)15-19(16,17)12-6-11(14)8(2)5-10(12)13/h5-6,9,15H,4,7,14H2,1-3H3. The Bertz CT molecular complexity index is 546. The number of benzene rings is 1. The Labute approximate surface area is 119 Å². The third-order valence-corrected chi connectivity index (χ3v) is 4.78. The van der Waals surface area contributed by atoms with E-state index >= 15 is 0 Å². The smallest absolute Gasteiger partial charge is 0.242 e. The molecule has 0 bridgehead atoms. The van der Waals surface area contributed by atoms with Crippen LogP contribution in [0.15, 0.2) is 17.0 Å². The van der Waals surface area contributed by atoms with Gasteiger partial charge in [-0.3, -0.25) is 0 Å². The Hall–Kier alpha value is -0.820. The third kappa shape index (κ3) is 4.07. The van der Waals surface area contributed by atoms with Crippen molar-refractivity contribution in [3.8, 4) is 0 Å². The van der Waals surface area contributed by atoms with Gasteiger partial charge in [0.2, 0.25) is 10.0 Å². The highest BCUT2D eigenvalue weighted by Crippen LogP contribution is 2.26. The van der Waals surface area contributed by atoms with Crippen LogP contribution in [-0.2, 0) is 14.8 Å². The second-order valence-electron chi connectivity index (χ2n) is 4.32. The summed E-state index contributed by atoms with van der Waals surface area (Å²) in [4.78, 5) is -0.00757. The average Bonchev–Trinajstić information content (AvgIpc) is 2.32. The number of nitrogens with two attached hydrogens (primary N) is 1. The average molecular weight is 307 g/mol. The molecule has 0 saturated carbocycles. The molecule has 1 unspecified atom stereocenters. The first-order valence-electron chi connectivity index (χ1n) is 5.88. The summed E-state index contributed by atoms with van der Waals surface area (Å²) in [6.07, 6.45) is 0.617. The van der Waals surface area contributed by atoms with Crippen LogP contribution < -0.4 is 10.5 Å². The highest BCUT2D eigenvalue weighted by Gasteiger charge is 2.22. The number of nitrogens with one attached hydrogen (secondary N) is 1. The lowest BCUT2D eigenvalue weighted by Gasteiger charge is -2.17. The summed E-state index contributed by atoms with van der Waals surface area (Å²) in [6.45, 7) is 3.94. The summed E-state index contributed by atoms with van der Waals surface area (Å²) in [6, 6.07) is 2.62. The molecular formula is C12H19ClN2O3S. The van der Waals surface area contributed by atoms with Crippen molar-refractivity contribution in [2.75, 3.05) is 19.5 Å². The largest absolute Gasteiger partial charge is 0.398 e. The minimum atomic E-state index is -3.71. The molecular weight excluding hydrogens is 288 g/mol. The highest BCUT2D eigenvalue weighted by atomic mass is 35.5. The number of rotatable bonds is 6. The zero-order valence-corrected chi connectivity index (χ0v) is 12.8. The van der Waals surface area contributed by atoms with Gasteiger partial charge in [0.1, 0.15) is 4.90 Å². The predicted molar refractivity (Wildman–Crippen MR) is 76.9 cm³/mol. The Morgan fingerprint density at radius 2 is 2.11 bits per heavy atom. The lowest BCUT2D eigenvalue weighted by Crippen LogP contribution is -2.37. The van der Waals surface area contributed by atoms with Gasteiger partial charge in [-0.25, -0.2) is 13.1 Å². The maximum absolute atomic E-state index is 12.3. The Morgan fingerprint density at radius 1 is 1.47 bits per heavy atom. The monoisotopic (exact) mass is 306 g/mol. The normalized spacial score (nSPS) is 13.5. The molecule has 7 heteroatoms. The van der Waals surface area contributed by atoms with Crippen LogP contribution in [0.5, 0.6) is 0 Å². The van der Waals surface area contributed by atoms with Gasteiger partial charge < -0.3 is 10.5 Å². The summed E-state index contributed by atoms with van der Waals surface area (Å²) in [5, 5.41) is 0.159. The lowest BCUT2D eigenvalue weighted by molar-refractivity contribution is 0.173. The van der Waals surface area contributed by atoms with E-state index in [1.165, 1.54) is 13.2 Å². The summed E-state index contributed by atoms with van der Waals surface area (Å²) >= 11 is 5.98. The lowest BCUT2D eigenvalue weighted by atomic mass is 10.2. The van der Waals surface area contributed by atoms with E-state index < -0.39 is 10.0 Å². The molecule has 1 rings (SSSR count). The first-order valence-corrected chi connectivity index (χ1v) is 7.74. The van der Waals surface area contributed by atoms with Gasteiger partial charge in [0.15, 0.2) is 0 Å². The van der Waals surface area contributed by atoms with Crippen LogP contribution in [-0.4, -0.2) is 28.2 Å². The minimum Gasteiger partial charge on any atom is -0.398 e. The summed E-state index contributed by atoms with van der Waals surface area (Å²) in [5.41, 5.74) is 6.87. The van der Waals surface area contributed by atoms with E-state index in [0.717, 1.165) is 5.56 Å². The van der Waals surface area contributed by atoms with E-state index in [4.69, 9.17) is 22.1 Å². The molecule has 1 atom stereocenters. The minimum absolute atomic E-state index is 0.00757. The van der Waals surface area contributed by atoms with Crippen LogP contribution in [0, 0.1) is 6.92 Å². The maximum atomic E-state index is 12.3. The van der Waals surface area contributed by atoms with E-state index in [-0.39, 0.29) is 16.0 Å². The Balaban J connectivity index is 3.10. The molecule has 1 aromatic rings. The van der Waals surface area contributed by atoms with Gasteiger partial charge in [0, 0.05) is 18.8 Å². The van der Waals surface area contributed by atoms with Crippen LogP contribution in [0.2, 0.25) is 5.02 Å². The van der Waals surface area contributed by atoms with Gasteiger partial charge in [-0.05, 0) is 31.0 Å². The summed E-state index contributed by atoms with van der Waals surface area (Å²) < 4.78 is 32.0. The first kappa shape index (κ1) is 16.2. The number of anilines is 1. The molecule has 19 heavy (non-hydrogen) atoms. The molecule has 0 heterocycles. The second-order valence-corrected chi connectivity index (χ2v) is 6.41. The number of aryl methyl sites for hydroxylation is 1. The van der Waals surface area contributed by atoms with E-state index in [1.54, 1.807) is 13.0 Å². The fourth-order valence-electron chi connectivity index (χ4n) is 1.59. The van der Waals surface area contributed by atoms with E-state index in [0.29, 0.717) is 18.7 Å². The van der Waals surface area contributed by atoms with Crippen molar-refractivity contribution in [2.24, 2.45) is 0 Å². The van der Waals surface area contributed by atoms with E-state index in [9.17, 15) is 8.42 Å². The van der Waals surface area contributed by atoms with Crippen molar-refractivity contribution in [3.63, 3.8) is 0 Å². The summed E-state index contributed by atoms with van der Waals surface area (Å²) in [7, 11) is -2.18. The fraction of sp³-hybridized carbons (Fsp3) is 0.500. The fourth-order valence-corrected chi connectivity index (χ4v) is 3.51. The maximum Gasteiger partial charge on any atom is 0.242 e. The second kappa shape index (κ2) is 6.56. The molecule has 0 saturated heterocycles. The number of hydrogen-bond donors (Lipinski definition) is 2. The van der Waals surface area contributed by atoms with Gasteiger partial charge in [0.05, 0.1) is 11.6 Å². The van der Waals surface area contributed by atoms with Crippen LogP contribution in [0.4, 0.5) is 5.69 Å². The molecule has 0 aliphatic carbocycles. The zero-order valence-electron chi connectivity index (χ0n) is 11.2. The third-order valence-electron chi connectivity index (χ3n) is 2.79. The zero-order chi connectivity index (χ0) is 14.6. The van der Waals surface area contributed by atoms with Crippen molar-refractivity contribution < 1.29 is 13.2 Å². The molecule has 0 aliphatic heterocycles. The molecule has 0 amide bonds. The molecule has 3 N–H and O–H groups in total. The molecule has 0 aliphatic rings. The van der Waals surface area contributed by atoms with Crippen LogP contribution >= 0.6 is 11.6 Å². The molecule has 0 fully saturated rings. The SMILES string of the molecule is CCC(COC)NS(=O)(=O)c1cc(N)c(C)cc1Cl. The number of methoxy groups -OCH3 is 1. The van der Waals surface area contributed by atoms with Gasteiger partial charge in [-0.15, -0.1) is 0 Å². The number of ether oxygens (including phenoxy) is 1. The topological polar surface area (TPSA) is 81.4 Å². The van der Waals surface area contributed by atoms with Crippen molar-refractivity contribution in [1.82, 2.24) is 4.72 Å². The van der Waals surface area contributed by atoms with Crippen molar-refractivity contribution in [3.05, 3.63) is 22.7 Å². The van der Waals surface area contributed by atoms with Crippen LogP contribution in [0.1, 0.15) is 18.9 Å². The highest BCUT2D eigenvalue weighted by molar-refractivity contribution is 7.89. The summed E-state index contributed by atoms with van der Waals surface area (Å²) in [5.74, 6) is 0. The van der Waals surface area contributed by atoms with Crippen molar-refractivity contribution >= 4 is 27.3 Å². The molecule has 0 radical (unpaired) electrons. The number of halogens is 1. The Morgan fingerprint density at radius 3 is 2.63 bits per heavy atom. The number of nitrogen functional groups attached to an aromatic ring is 1. The number of hydrogen-bond acceptors (Lipinski definition) is 4. The molecule has 0 aromatic heterocycles.